The molecule has 8 nitrogen and oxygen atoms in total. The van der Waals surface area contributed by atoms with Crippen molar-refractivity contribution in [3.63, 3.8) is 0 Å². The summed E-state index contributed by atoms with van der Waals surface area (Å²) in [5.74, 6) is -2.06. The first-order valence-electron chi connectivity index (χ1n) is 9.16. The number of esters is 2. The number of carbonyl (C=O) groups excluding carboxylic acids is 3. The minimum Gasteiger partial charge on any atom is -0.457 e. The second-order valence-corrected chi connectivity index (χ2v) is 7.66. The number of rotatable bonds is 3. The van der Waals surface area contributed by atoms with E-state index in [0.717, 1.165) is 32.1 Å². The Morgan fingerprint density at radius 3 is 1.73 bits per heavy atom. The first-order chi connectivity index (χ1) is 12.2. The highest BCUT2D eigenvalue weighted by Gasteiger charge is 2.69. The maximum absolute atomic E-state index is 11.8. The van der Waals surface area contributed by atoms with Crippen molar-refractivity contribution < 1.29 is 33.3 Å². The highest BCUT2D eigenvalue weighted by molar-refractivity contribution is 5.75. The summed E-state index contributed by atoms with van der Waals surface area (Å²) in [4.78, 5) is 35.2. The predicted molar refractivity (Wildman–Crippen MR) is 88.9 cm³/mol. The molecule has 3 fully saturated rings. The van der Waals surface area contributed by atoms with Gasteiger partial charge in [0.15, 0.2) is 18.0 Å². The van der Waals surface area contributed by atoms with Crippen molar-refractivity contribution in [2.24, 2.45) is 0 Å². The van der Waals surface area contributed by atoms with Gasteiger partial charge in [-0.25, -0.2) is 0 Å². The average Bonchev–Trinajstić information content (AvgIpc) is 2.95. The molecule has 26 heavy (non-hydrogen) atoms. The van der Waals surface area contributed by atoms with Gasteiger partial charge in [0.05, 0.1) is 0 Å². The van der Waals surface area contributed by atoms with E-state index >= 15 is 0 Å². The largest absolute Gasteiger partial charge is 0.457 e. The van der Waals surface area contributed by atoms with E-state index in [-0.39, 0.29) is 5.91 Å². The number of hydrogen-bond acceptors (Lipinski definition) is 7. The highest BCUT2D eigenvalue weighted by Crippen LogP contribution is 2.50. The summed E-state index contributed by atoms with van der Waals surface area (Å²) in [6, 6.07) is 0. The molecule has 0 bridgehead atoms. The predicted octanol–water partition coefficient (Wildman–Crippen LogP) is 1.20. The van der Waals surface area contributed by atoms with Crippen molar-refractivity contribution in [3.8, 4) is 0 Å². The molecule has 1 spiro atoms. The number of hydrogen-bond donors (Lipinski definition) is 1. The molecule has 1 amide bonds. The molecule has 8 heteroatoms. The molecule has 0 radical (unpaired) electrons. The van der Waals surface area contributed by atoms with Gasteiger partial charge < -0.3 is 24.3 Å². The van der Waals surface area contributed by atoms with E-state index < -0.39 is 47.7 Å². The molecular formula is C18H27NO7. The van der Waals surface area contributed by atoms with E-state index in [2.05, 4.69) is 5.32 Å². The van der Waals surface area contributed by atoms with Crippen LogP contribution in [0.15, 0.2) is 0 Å². The Morgan fingerprint density at radius 2 is 1.35 bits per heavy atom. The second kappa shape index (κ2) is 6.81. The molecule has 3 rings (SSSR count). The number of fused-ring (bicyclic) bond motifs is 1. The SMILES string of the molecule is CC(=O)NC1(C)[C@H](OC(C)=O)[C@H]2OC3(CCCCC3)O[C@H]2[C@@H]1OC(C)=O. The Hall–Kier alpha value is -1.67. The summed E-state index contributed by atoms with van der Waals surface area (Å²) in [5, 5.41) is 2.80. The van der Waals surface area contributed by atoms with E-state index in [1.54, 1.807) is 6.92 Å². The van der Waals surface area contributed by atoms with Crippen molar-refractivity contribution in [2.45, 2.75) is 95.5 Å². The lowest BCUT2D eigenvalue weighted by molar-refractivity contribution is -0.228. The Labute approximate surface area is 152 Å². The van der Waals surface area contributed by atoms with Crippen LogP contribution in [0.2, 0.25) is 0 Å². The van der Waals surface area contributed by atoms with Gasteiger partial charge in [-0.05, 0) is 19.8 Å². The van der Waals surface area contributed by atoms with Gasteiger partial charge in [-0.15, -0.1) is 0 Å². The minimum atomic E-state index is -1.14. The van der Waals surface area contributed by atoms with E-state index in [4.69, 9.17) is 18.9 Å². The zero-order chi connectivity index (χ0) is 19.1. The van der Waals surface area contributed by atoms with Crippen LogP contribution in [0.4, 0.5) is 0 Å². The normalized spacial score (nSPS) is 37.8. The summed E-state index contributed by atoms with van der Waals surface area (Å²) in [7, 11) is 0. The molecule has 2 aliphatic carbocycles. The number of carbonyl (C=O) groups is 3. The topological polar surface area (TPSA) is 100 Å². The summed E-state index contributed by atoms with van der Waals surface area (Å²) in [6.07, 6.45) is 1.72. The molecule has 2 saturated carbocycles. The highest BCUT2D eigenvalue weighted by atomic mass is 16.8. The fourth-order valence-electron chi connectivity index (χ4n) is 4.55. The van der Waals surface area contributed by atoms with Gasteiger partial charge in [0.1, 0.15) is 17.7 Å². The lowest BCUT2D eigenvalue weighted by Crippen LogP contribution is -2.62. The lowest BCUT2D eigenvalue weighted by atomic mass is 9.92. The van der Waals surface area contributed by atoms with Crippen LogP contribution in [0.1, 0.15) is 59.8 Å². The molecule has 1 aliphatic heterocycles. The quantitative estimate of drug-likeness (QED) is 0.746. The molecule has 0 aromatic heterocycles. The molecule has 146 valence electrons. The third-order valence-corrected chi connectivity index (χ3v) is 5.45. The molecule has 1 unspecified atom stereocenters. The molecule has 3 aliphatic rings. The van der Waals surface area contributed by atoms with Crippen LogP contribution in [-0.2, 0) is 33.3 Å². The molecular weight excluding hydrogens is 342 g/mol. The fourth-order valence-corrected chi connectivity index (χ4v) is 4.55. The summed E-state index contributed by atoms with van der Waals surface area (Å²) in [6.45, 7) is 5.65. The molecule has 0 aromatic rings. The average molecular weight is 369 g/mol. The first-order valence-corrected chi connectivity index (χ1v) is 9.16. The van der Waals surface area contributed by atoms with Crippen molar-refractivity contribution in [2.75, 3.05) is 0 Å². The van der Waals surface area contributed by atoms with E-state index in [9.17, 15) is 14.4 Å². The van der Waals surface area contributed by atoms with Gasteiger partial charge in [0.2, 0.25) is 5.91 Å². The van der Waals surface area contributed by atoms with Gasteiger partial charge >= 0.3 is 11.9 Å². The molecule has 1 heterocycles. The molecule has 1 N–H and O–H groups in total. The van der Waals surface area contributed by atoms with Crippen LogP contribution in [0.5, 0.6) is 0 Å². The van der Waals surface area contributed by atoms with Gasteiger partial charge in [0, 0.05) is 33.6 Å². The summed E-state index contributed by atoms with van der Waals surface area (Å²) in [5.41, 5.74) is -1.14. The van der Waals surface area contributed by atoms with Crippen molar-refractivity contribution in [3.05, 3.63) is 0 Å². The van der Waals surface area contributed by atoms with Crippen LogP contribution in [0.25, 0.3) is 0 Å². The van der Waals surface area contributed by atoms with Gasteiger partial charge in [-0.3, -0.25) is 14.4 Å². The monoisotopic (exact) mass is 369 g/mol. The molecule has 0 aromatic carbocycles. The van der Waals surface area contributed by atoms with Gasteiger partial charge in [-0.1, -0.05) is 6.42 Å². The summed E-state index contributed by atoms with van der Waals surface area (Å²) >= 11 is 0. The third-order valence-electron chi connectivity index (χ3n) is 5.45. The van der Waals surface area contributed by atoms with Crippen molar-refractivity contribution >= 4 is 17.8 Å². The van der Waals surface area contributed by atoms with Crippen LogP contribution < -0.4 is 5.32 Å². The zero-order valence-corrected chi connectivity index (χ0v) is 15.7. The van der Waals surface area contributed by atoms with E-state index in [0.29, 0.717) is 0 Å². The second-order valence-electron chi connectivity index (χ2n) is 7.66. The van der Waals surface area contributed by atoms with E-state index in [1.165, 1.54) is 20.8 Å². The fraction of sp³-hybridized carbons (Fsp3) is 0.833. The standard InChI is InChI=1S/C18H27NO7/c1-10(20)19-17(4)15(23-11(2)21)13-14(16(17)24-12(3)22)26-18(25-13)8-6-5-7-9-18/h13-16H,5-9H2,1-4H3,(H,19,20)/t13-,14+,15+,16-,17?. The Bertz CT molecular complexity index is 564. The smallest absolute Gasteiger partial charge is 0.303 e. The van der Waals surface area contributed by atoms with E-state index in [1.807, 2.05) is 0 Å². The summed E-state index contributed by atoms with van der Waals surface area (Å²) < 4.78 is 23.6. The van der Waals surface area contributed by atoms with Crippen LogP contribution in [0.3, 0.4) is 0 Å². The van der Waals surface area contributed by atoms with Crippen molar-refractivity contribution in [1.29, 1.82) is 0 Å². The Kier molecular flexibility index (Phi) is 5.00. The number of ether oxygens (including phenoxy) is 4. The maximum Gasteiger partial charge on any atom is 0.303 e. The first kappa shape index (κ1) is 19.1. The van der Waals surface area contributed by atoms with Crippen molar-refractivity contribution in [1.82, 2.24) is 5.32 Å². The Balaban J connectivity index is 1.96. The Morgan fingerprint density at radius 1 is 0.885 bits per heavy atom. The van der Waals surface area contributed by atoms with Crippen LogP contribution in [0, 0.1) is 0 Å². The minimum absolute atomic E-state index is 0.325. The van der Waals surface area contributed by atoms with Gasteiger partial charge in [-0.2, -0.15) is 0 Å². The lowest BCUT2D eigenvalue weighted by Gasteiger charge is -2.40. The molecule has 5 atom stereocenters. The molecule has 1 saturated heterocycles. The zero-order valence-electron chi connectivity index (χ0n) is 15.7. The maximum atomic E-state index is 11.8. The number of amides is 1. The van der Waals surface area contributed by atoms with Gasteiger partial charge in [0.25, 0.3) is 0 Å². The van der Waals surface area contributed by atoms with Crippen LogP contribution >= 0.6 is 0 Å². The number of nitrogens with one attached hydrogen (secondary N) is 1. The third kappa shape index (κ3) is 3.32. The van der Waals surface area contributed by atoms with Crippen LogP contribution in [-0.4, -0.2) is 53.6 Å².